The van der Waals surface area contributed by atoms with Crippen LogP contribution in [0.3, 0.4) is 0 Å². The number of thiophene rings is 1. The molecule has 0 saturated carbocycles. The molecule has 0 radical (unpaired) electrons. The number of aryl methyl sites for hydroxylation is 1. The predicted molar refractivity (Wildman–Crippen MR) is 99.8 cm³/mol. The number of amides is 1. The number of fused-ring (bicyclic) bond motifs is 2. The number of pyridine rings is 1. The van der Waals surface area contributed by atoms with E-state index in [9.17, 15) is 9.18 Å². The van der Waals surface area contributed by atoms with Crippen LogP contribution in [-0.2, 0) is 7.05 Å². The Labute approximate surface area is 156 Å². The Balaban J connectivity index is 1.74. The lowest BCUT2D eigenvalue weighted by molar-refractivity contribution is 0.103. The lowest BCUT2D eigenvalue weighted by atomic mass is 10.2. The molecule has 132 valence electrons. The van der Waals surface area contributed by atoms with Crippen LogP contribution in [0.5, 0.6) is 5.75 Å². The third-order valence-corrected chi connectivity index (χ3v) is 5.09. The third-order valence-electron chi connectivity index (χ3n) is 3.83. The Hall–Kier alpha value is -2.71. The van der Waals surface area contributed by atoms with Crippen LogP contribution in [-0.4, -0.2) is 27.8 Å². The second-order valence-electron chi connectivity index (χ2n) is 5.61. The average Bonchev–Trinajstić information content (AvgIpc) is 3.17. The highest BCUT2D eigenvalue weighted by Gasteiger charge is 2.20. The maximum absolute atomic E-state index is 14.6. The number of rotatable bonds is 3. The standard InChI is InChI=1S/C17H12ClFN4O2S/c1-23-7-9-5-10(15(25-2)13(19)14(9)22-23)20-16(24)11-6-8-3-4-12(18)21-17(8)26-11/h3-7H,1-2H3,(H,20,24). The highest BCUT2D eigenvalue weighted by atomic mass is 35.5. The molecule has 3 heterocycles. The van der Waals surface area contributed by atoms with Gasteiger partial charge in [-0.05, 0) is 24.3 Å². The van der Waals surface area contributed by atoms with Gasteiger partial charge in [0.25, 0.3) is 5.91 Å². The minimum absolute atomic E-state index is 0.0631. The van der Waals surface area contributed by atoms with Gasteiger partial charge in [0.15, 0.2) is 11.6 Å². The van der Waals surface area contributed by atoms with Crippen molar-refractivity contribution < 1.29 is 13.9 Å². The van der Waals surface area contributed by atoms with Gasteiger partial charge in [0.05, 0.1) is 17.7 Å². The first-order valence-electron chi connectivity index (χ1n) is 7.53. The lowest BCUT2D eigenvalue weighted by Crippen LogP contribution is -2.11. The molecule has 1 aromatic carbocycles. The van der Waals surface area contributed by atoms with Gasteiger partial charge in [0, 0.05) is 24.0 Å². The molecule has 4 aromatic rings. The number of hydrogen-bond acceptors (Lipinski definition) is 5. The molecule has 0 fully saturated rings. The van der Waals surface area contributed by atoms with Crippen LogP contribution in [0.2, 0.25) is 5.15 Å². The molecule has 26 heavy (non-hydrogen) atoms. The van der Waals surface area contributed by atoms with Crippen LogP contribution in [0.15, 0.2) is 30.5 Å². The molecule has 0 saturated heterocycles. The van der Waals surface area contributed by atoms with E-state index < -0.39 is 5.82 Å². The molecule has 1 N–H and O–H groups in total. The number of ether oxygens (including phenoxy) is 1. The molecule has 0 aliphatic rings. The van der Waals surface area contributed by atoms with Crippen LogP contribution in [0.1, 0.15) is 9.67 Å². The van der Waals surface area contributed by atoms with Crippen LogP contribution < -0.4 is 10.1 Å². The van der Waals surface area contributed by atoms with Gasteiger partial charge in [-0.1, -0.05) is 11.6 Å². The van der Waals surface area contributed by atoms with Crippen LogP contribution in [0, 0.1) is 5.82 Å². The molecule has 1 amide bonds. The van der Waals surface area contributed by atoms with E-state index in [0.717, 1.165) is 5.39 Å². The number of anilines is 1. The summed E-state index contributed by atoms with van der Waals surface area (Å²) in [6, 6.07) is 6.79. The first kappa shape index (κ1) is 16.7. The SMILES string of the molecule is COc1c(NC(=O)c2cc3ccc(Cl)nc3s2)cc2cn(C)nc2c1F. The van der Waals surface area contributed by atoms with Gasteiger partial charge in [-0.2, -0.15) is 5.10 Å². The van der Waals surface area contributed by atoms with Crippen molar-refractivity contribution in [1.29, 1.82) is 0 Å². The van der Waals surface area contributed by atoms with Crippen molar-refractivity contribution in [3.8, 4) is 5.75 Å². The quantitative estimate of drug-likeness (QED) is 0.531. The molecule has 0 spiro atoms. The van der Waals surface area contributed by atoms with E-state index >= 15 is 0 Å². The topological polar surface area (TPSA) is 69.0 Å². The summed E-state index contributed by atoms with van der Waals surface area (Å²) >= 11 is 7.09. The molecule has 4 rings (SSSR count). The number of methoxy groups -OCH3 is 1. The number of halogens is 2. The maximum Gasteiger partial charge on any atom is 0.265 e. The van der Waals surface area contributed by atoms with Crippen LogP contribution >= 0.6 is 22.9 Å². The van der Waals surface area contributed by atoms with E-state index in [1.54, 1.807) is 37.5 Å². The summed E-state index contributed by atoms with van der Waals surface area (Å²) in [5, 5.41) is 8.50. The van der Waals surface area contributed by atoms with Crippen molar-refractivity contribution >= 4 is 55.7 Å². The normalized spacial score (nSPS) is 11.2. The molecule has 3 aromatic heterocycles. The van der Waals surface area contributed by atoms with Gasteiger partial charge in [0.2, 0.25) is 0 Å². The summed E-state index contributed by atoms with van der Waals surface area (Å²) in [6.07, 6.45) is 1.67. The van der Waals surface area contributed by atoms with Crippen molar-refractivity contribution in [3.05, 3.63) is 46.3 Å². The van der Waals surface area contributed by atoms with Gasteiger partial charge in [0.1, 0.15) is 15.5 Å². The molecule has 9 heteroatoms. The summed E-state index contributed by atoms with van der Waals surface area (Å²) < 4.78 is 21.3. The van der Waals surface area contributed by atoms with Crippen molar-refractivity contribution in [2.45, 2.75) is 0 Å². The minimum Gasteiger partial charge on any atom is -0.491 e. The molecular weight excluding hydrogens is 379 g/mol. The molecule has 0 unspecified atom stereocenters. The molecule has 0 bridgehead atoms. The highest BCUT2D eigenvalue weighted by molar-refractivity contribution is 7.20. The fraction of sp³-hybridized carbons (Fsp3) is 0.118. The number of benzene rings is 1. The summed E-state index contributed by atoms with van der Waals surface area (Å²) in [5.41, 5.74) is 0.419. The van der Waals surface area contributed by atoms with Crippen molar-refractivity contribution in [2.75, 3.05) is 12.4 Å². The molecule has 0 atom stereocenters. The Bertz CT molecular complexity index is 1170. The van der Waals surface area contributed by atoms with Crippen molar-refractivity contribution in [3.63, 3.8) is 0 Å². The van der Waals surface area contributed by atoms with E-state index in [0.29, 0.717) is 20.2 Å². The van der Waals surface area contributed by atoms with E-state index in [2.05, 4.69) is 15.4 Å². The second-order valence-corrected chi connectivity index (χ2v) is 7.02. The van der Waals surface area contributed by atoms with Gasteiger partial charge in [-0.25, -0.2) is 9.37 Å². The number of aromatic nitrogens is 3. The first-order valence-corrected chi connectivity index (χ1v) is 8.73. The van der Waals surface area contributed by atoms with E-state index in [4.69, 9.17) is 16.3 Å². The van der Waals surface area contributed by atoms with Gasteiger partial charge >= 0.3 is 0 Å². The smallest absolute Gasteiger partial charge is 0.265 e. The number of nitrogens with zero attached hydrogens (tertiary/aromatic N) is 3. The van der Waals surface area contributed by atoms with Gasteiger partial charge in [-0.15, -0.1) is 11.3 Å². The predicted octanol–water partition coefficient (Wildman–Crippen LogP) is 4.24. The lowest BCUT2D eigenvalue weighted by Gasteiger charge is -2.10. The van der Waals surface area contributed by atoms with Crippen LogP contribution in [0.25, 0.3) is 21.1 Å². The Morgan fingerprint density at radius 1 is 1.35 bits per heavy atom. The average molecular weight is 391 g/mol. The van der Waals surface area contributed by atoms with Crippen molar-refractivity contribution in [1.82, 2.24) is 14.8 Å². The molecular formula is C17H12ClFN4O2S. The molecule has 0 aliphatic carbocycles. The fourth-order valence-corrected chi connectivity index (χ4v) is 3.84. The van der Waals surface area contributed by atoms with E-state index in [1.165, 1.54) is 23.1 Å². The Morgan fingerprint density at radius 2 is 2.15 bits per heavy atom. The zero-order valence-electron chi connectivity index (χ0n) is 13.7. The van der Waals surface area contributed by atoms with Crippen LogP contribution in [0.4, 0.5) is 10.1 Å². The first-order chi connectivity index (χ1) is 12.5. The second kappa shape index (κ2) is 6.22. The third kappa shape index (κ3) is 2.77. The number of hydrogen-bond donors (Lipinski definition) is 1. The largest absolute Gasteiger partial charge is 0.491 e. The summed E-state index contributed by atoms with van der Waals surface area (Å²) in [5.74, 6) is -1.07. The monoisotopic (exact) mass is 390 g/mol. The fourth-order valence-electron chi connectivity index (χ4n) is 2.71. The summed E-state index contributed by atoms with van der Waals surface area (Å²) in [6.45, 7) is 0. The number of carbonyl (C=O) groups is 1. The Kier molecular flexibility index (Phi) is 4.01. The number of carbonyl (C=O) groups excluding carboxylic acids is 1. The van der Waals surface area contributed by atoms with Crippen molar-refractivity contribution in [2.24, 2.45) is 7.05 Å². The van der Waals surface area contributed by atoms with E-state index in [1.807, 2.05) is 0 Å². The van der Waals surface area contributed by atoms with Gasteiger partial charge < -0.3 is 10.1 Å². The summed E-state index contributed by atoms with van der Waals surface area (Å²) in [7, 11) is 3.04. The number of nitrogens with one attached hydrogen (secondary N) is 1. The summed E-state index contributed by atoms with van der Waals surface area (Å²) in [4.78, 5) is 17.9. The maximum atomic E-state index is 14.6. The minimum atomic E-state index is -0.620. The van der Waals surface area contributed by atoms with Gasteiger partial charge in [-0.3, -0.25) is 9.48 Å². The highest BCUT2D eigenvalue weighted by Crippen LogP contribution is 2.35. The zero-order chi connectivity index (χ0) is 18.4. The molecule has 6 nitrogen and oxygen atoms in total. The zero-order valence-corrected chi connectivity index (χ0v) is 15.3. The van der Waals surface area contributed by atoms with E-state index in [-0.39, 0.29) is 22.9 Å². The molecule has 0 aliphatic heterocycles. The Morgan fingerprint density at radius 3 is 2.92 bits per heavy atom.